The van der Waals surface area contributed by atoms with Crippen molar-refractivity contribution in [3.05, 3.63) is 71.1 Å². The molecular formula is C19H17ClN4O. The van der Waals surface area contributed by atoms with Gasteiger partial charge < -0.3 is 5.32 Å². The zero-order valence-corrected chi connectivity index (χ0v) is 14.7. The van der Waals surface area contributed by atoms with Gasteiger partial charge >= 0.3 is 0 Å². The van der Waals surface area contributed by atoms with Crippen LogP contribution in [0, 0.1) is 6.92 Å². The second-order valence-corrected chi connectivity index (χ2v) is 5.89. The number of nitrogens with one attached hydrogen (secondary N) is 1. The molecule has 0 aliphatic carbocycles. The number of hydrogen-bond donors (Lipinski definition) is 1. The minimum absolute atomic E-state index is 0.278. The van der Waals surface area contributed by atoms with Gasteiger partial charge in [-0.25, -0.2) is 4.98 Å². The first-order valence-corrected chi connectivity index (χ1v) is 8.12. The maximum atomic E-state index is 12.1. The van der Waals surface area contributed by atoms with Crippen LogP contribution in [0.2, 0.25) is 5.15 Å². The van der Waals surface area contributed by atoms with E-state index in [1.807, 2.05) is 43.3 Å². The molecule has 0 unspecified atom stereocenters. The number of halogens is 1. The van der Waals surface area contributed by atoms with Crippen LogP contribution in [0.15, 0.2) is 54.7 Å². The summed E-state index contributed by atoms with van der Waals surface area (Å²) >= 11 is 6.14. The van der Waals surface area contributed by atoms with E-state index in [1.54, 1.807) is 30.1 Å². The maximum absolute atomic E-state index is 12.1. The number of benzene rings is 1. The highest BCUT2D eigenvalue weighted by atomic mass is 35.5. The number of amides is 1. The summed E-state index contributed by atoms with van der Waals surface area (Å²) in [6.45, 7) is 1.84. The molecule has 0 fully saturated rings. The third kappa shape index (κ3) is 3.95. The average Bonchev–Trinajstić information content (AvgIpc) is 2.86. The van der Waals surface area contributed by atoms with Crippen molar-refractivity contribution in [2.45, 2.75) is 6.92 Å². The first-order chi connectivity index (χ1) is 12.0. The van der Waals surface area contributed by atoms with Crippen molar-refractivity contribution in [3.8, 4) is 11.1 Å². The van der Waals surface area contributed by atoms with Gasteiger partial charge in [0.25, 0.3) is 0 Å². The summed E-state index contributed by atoms with van der Waals surface area (Å²) in [5.74, 6) is 0.211. The third-order valence-electron chi connectivity index (χ3n) is 3.72. The van der Waals surface area contributed by atoms with Crippen LogP contribution < -0.4 is 5.32 Å². The number of pyridine rings is 1. The zero-order valence-electron chi connectivity index (χ0n) is 13.9. The Morgan fingerprint density at radius 3 is 2.52 bits per heavy atom. The topological polar surface area (TPSA) is 59.8 Å². The normalized spacial score (nSPS) is 11.0. The average molecular weight is 353 g/mol. The Labute approximate surface area is 151 Å². The first-order valence-electron chi connectivity index (χ1n) is 7.74. The van der Waals surface area contributed by atoms with Gasteiger partial charge in [-0.05, 0) is 30.7 Å². The summed E-state index contributed by atoms with van der Waals surface area (Å²) in [5.41, 5.74) is 3.56. The number of nitrogens with zero attached hydrogens (tertiary/aromatic N) is 3. The van der Waals surface area contributed by atoms with Crippen LogP contribution in [0.4, 0.5) is 5.82 Å². The van der Waals surface area contributed by atoms with Crippen LogP contribution in [0.3, 0.4) is 0 Å². The summed E-state index contributed by atoms with van der Waals surface area (Å²) in [5, 5.41) is 7.42. The molecule has 2 heterocycles. The molecule has 3 rings (SSSR count). The lowest BCUT2D eigenvalue weighted by atomic mass is 10.1. The fraction of sp³-hybridized carbons (Fsp3) is 0.105. The van der Waals surface area contributed by atoms with Crippen LogP contribution in [0.25, 0.3) is 17.2 Å². The lowest BCUT2D eigenvalue weighted by Crippen LogP contribution is -2.09. The number of aryl methyl sites for hydroxylation is 2. The molecule has 0 aliphatic heterocycles. The van der Waals surface area contributed by atoms with E-state index in [9.17, 15) is 4.79 Å². The molecule has 0 radical (unpaired) electrons. The Hall–Kier alpha value is -2.92. The van der Waals surface area contributed by atoms with Crippen molar-refractivity contribution in [2.75, 3.05) is 5.32 Å². The minimum Gasteiger partial charge on any atom is -0.307 e. The first kappa shape index (κ1) is 16.9. The number of carbonyl (C=O) groups excluding carboxylic acids is 1. The van der Waals surface area contributed by atoms with Crippen LogP contribution in [-0.4, -0.2) is 20.7 Å². The van der Waals surface area contributed by atoms with E-state index < -0.39 is 0 Å². The van der Waals surface area contributed by atoms with Crippen molar-refractivity contribution in [2.24, 2.45) is 7.05 Å². The molecule has 3 aromatic rings. The van der Waals surface area contributed by atoms with E-state index in [2.05, 4.69) is 15.4 Å². The maximum Gasteiger partial charge on any atom is 0.249 e. The van der Waals surface area contributed by atoms with E-state index in [0.29, 0.717) is 11.0 Å². The fourth-order valence-corrected chi connectivity index (χ4v) is 2.67. The standard InChI is InChI=1S/C19H17ClN4O/c1-13-16(19(20)24(2)23-13)9-11-18(25)22-17-10-8-15(12-21-17)14-6-4-3-5-7-14/h3-12H,1-2H3,(H,21,22,25). The van der Waals surface area contributed by atoms with Crippen molar-refractivity contribution >= 4 is 29.4 Å². The number of rotatable bonds is 4. The van der Waals surface area contributed by atoms with E-state index in [-0.39, 0.29) is 5.91 Å². The Kier molecular flexibility index (Phi) is 4.95. The van der Waals surface area contributed by atoms with Gasteiger partial charge in [-0.2, -0.15) is 5.10 Å². The van der Waals surface area contributed by atoms with Gasteiger partial charge in [-0.15, -0.1) is 0 Å². The molecule has 0 saturated carbocycles. The molecule has 25 heavy (non-hydrogen) atoms. The van der Waals surface area contributed by atoms with Gasteiger partial charge in [0.1, 0.15) is 11.0 Å². The Balaban J connectivity index is 1.68. The number of hydrogen-bond acceptors (Lipinski definition) is 3. The zero-order chi connectivity index (χ0) is 17.8. The molecule has 0 saturated heterocycles. The number of carbonyl (C=O) groups is 1. The summed E-state index contributed by atoms with van der Waals surface area (Å²) in [4.78, 5) is 16.3. The predicted molar refractivity (Wildman–Crippen MR) is 100 cm³/mol. The molecule has 126 valence electrons. The van der Waals surface area contributed by atoms with Crippen LogP contribution in [-0.2, 0) is 11.8 Å². The van der Waals surface area contributed by atoms with Crippen molar-refractivity contribution in [1.82, 2.24) is 14.8 Å². The predicted octanol–water partition coefficient (Wildman–Crippen LogP) is 4.10. The SMILES string of the molecule is Cc1nn(C)c(Cl)c1C=CC(=O)Nc1ccc(-c2ccccc2)cn1. The molecule has 1 N–H and O–H groups in total. The highest BCUT2D eigenvalue weighted by Crippen LogP contribution is 2.21. The molecule has 1 aromatic carbocycles. The van der Waals surface area contributed by atoms with Crippen LogP contribution in [0.5, 0.6) is 0 Å². The summed E-state index contributed by atoms with van der Waals surface area (Å²) in [6.07, 6.45) is 4.80. The lowest BCUT2D eigenvalue weighted by Gasteiger charge is -2.04. The Morgan fingerprint density at radius 2 is 1.92 bits per heavy atom. The lowest BCUT2D eigenvalue weighted by molar-refractivity contribution is -0.111. The summed E-state index contributed by atoms with van der Waals surface area (Å²) in [6, 6.07) is 13.6. The van der Waals surface area contributed by atoms with Gasteiger partial charge in [0.2, 0.25) is 5.91 Å². The summed E-state index contributed by atoms with van der Waals surface area (Å²) in [7, 11) is 1.75. The number of aromatic nitrogens is 3. The minimum atomic E-state index is -0.278. The smallest absolute Gasteiger partial charge is 0.249 e. The van der Waals surface area contributed by atoms with Gasteiger partial charge in [0, 0.05) is 30.4 Å². The molecular weight excluding hydrogens is 336 g/mol. The van der Waals surface area contributed by atoms with Gasteiger partial charge in [0.05, 0.1) is 5.69 Å². The van der Waals surface area contributed by atoms with E-state index in [1.165, 1.54) is 6.08 Å². The molecule has 0 bridgehead atoms. The van der Waals surface area contributed by atoms with E-state index in [4.69, 9.17) is 11.6 Å². The Morgan fingerprint density at radius 1 is 1.16 bits per heavy atom. The van der Waals surface area contributed by atoms with Gasteiger partial charge in [-0.3, -0.25) is 9.48 Å². The number of anilines is 1. The molecule has 1 amide bonds. The fourth-order valence-electron chi connectivity index (χ4n) is 2.43. The van der Waals surface area contributed by atoms with Gasteiger partial charge in [-0.1, -0.05) is 41.9 Å². The monoisotopic (exact) mass is 352 g/mol. The molecule has 5 nitrogen and oxygen atoms in total. The van der Waals surface area contributed by atoms with Crippen molar-refractivity contribution in [3.63, 3.8) is 0 Å². The quantitative estimate of drug-likeness (QED) is 0.719. The van der Waals surface area contributed by atoms with Crippen LogP contribution >= 0.6 is 11.6 Å². The van der Waals surface area contributed by atoms with Gasteiger partial charge in [0.15, 0.2) is 0 Å². The Bertz CT molecular complexity index is 915. The molecule has 0 atom stereocenters. The van der Waals surface area contributed by atoms with E-state index >= 15 is 0 Å². The largest absolute Gasteiger partial charge is 0.307 e. The van der Waals surface area contributed by atoms with E-state index in [0.717, 1.165) is 22.4 Å². The second kappa shape index (κ2) is 7.32. The molecule has 6 heteroatoms. The van der Waals surface area contributed by atoms with Crippen molar-refractivity contribution < 1.29 is 4.79 Å². The summed E-state index contributed by atoms with van der Waals surface area (Å²) < 4.78 is 1.57. The molecule has 0 spiro atoms. The van der Waals surface area contributed by atoms with Crippen LogP contribution in [0.1, 0.15) is 11.3 Å². The highest BCUT2D eigenvalue weighted by molar-refractivity contribution is 6.31. The highest BCUT2D eigenvalue weighted by Gasteiger charge is 2.08. The third-order valence-corrected chi connectivity index (χ3v) is 4.17. The molecule has 0 aliphatic rings. The second-order valence-electron chi connectivity index (χ2n) is 5.53. The van der Waals surface area contributed by atoms with Crippen molar-refractivity contribution in [1.29, 1.82) is 0 Å². The molecule has 2 aromatic heterocycles.